The molecule has 1 atom stereocenters. The van der Waals surface area contributed by atoms with Crippen LogP contribution in [0.5, 0.6) is 0 Å². The monoisotopic (exact) mass is 260 g/mol. The lowest BCUT2D eigenvalue weighted by Crippen LogP contribution is -2.16. The van der Waals surface area contributed by atoms with Gasteiger partial charge in [0.2, 0.25) is 0 Å². The van der Waals surface area contributed by atoms with Crippen molar-refractivity contribution in [1.29, 1.82) is 0 Å². The van der Waals surface area contributed by atoms with E-state index in [0.717, 1.165) is 30.4 Å². The highest BCUT2D eigenvalue weighted by atomic mass is 16.1. The molecule has 0 aliphatic heterocycles. The van der Waals surface area contributed by atoms with Crippen molar-refractivity contribution in [2.45, 2.75) is 53.4 Å². The van der Waals surface area contributed by atoms with Gasteiger partial charge in [0.15, 0.2) is 5.78 Å². The third kappa shape index (κ3) is 3.76. The van der Waals surface area contributed by atoms with E-state index in [0.29, 0.717) is 0 Å². The van der Waals surface area contributed by atoms with Gasteiger partial charge in [0.25, 0.3) is 0 Å². The Balaban J connectivity index is 2.97. The summed E-state index contributed by atoms with van der Waals surface area (Å²) < 4.78 is 0. The highest BCUT2D eigenvalue weighted by Crippen LogP contribution is 2.19. The van der Waals surface area contributed by atoms with E-state index in [2.05, 4.69) is 19.9 Å². The minimum absolute atomic E-state index is 0.0246. The van der Waals surface area contributed by atoms with Gasteiger partial charge in [-0.3, -0.25) is 9.59 Å². The Morgan fingerprint density at radius 1 is 1.11 bits per heavy atom. The second-order valence-electron chi connectivity index (χ2n) is 5.03. The number of benzene rings is 1. The van der Waals surface area contributed by atoms with E-state index in [1.165, 1.54) is 5.56 Å². The Morgan fingerprint density at radius 3 is 2.32 bits per heavy atom. The van der Waals surface area contributed by atoms with E-state index >= 15 is 0 Å². The quantitative estimate of drug-likeness (QED) is 0.548. The SMILES string of the molecule is CCc1cccc(C(=O)CC(=O)C(C)CC)c1CC. The van der Waals surface area contributed by atoms with Gasteiger partial charge < -0.3 is 0 Å². The van der Waals surface area contributed by atoms with Crippen LogP contribution >= 0.6 is 0 Å². The van der Waals surface area contributed by atoms with Gasteiger partial charge in [-0.25, -0.2) is 0 Å². The van der Waals surface area contributed by atoms with Gasteiger partial charge in [0, 0.05) is 11.5 Å². The first-order valence-electron chi connectivity index (χ1n) is 7.21. The predicted molar refractivity (Wildman–Crippen MR) is 78.6 cm³/mol. The molecule has 0 spiro atoms. The molecule has 2 heteroatoms. The van der Waals surface area contributed by atoms with E-state index < -0.39 is 0 Å². The van der Waals surface area contributed by atoms with Crippen molar-refractivity contribution < 1.29 is 9.59 Å². The maximum absolute atomic E-state index is 12.3. The molecule has 0 aromatic heterocycles. The van der Waals surface area contributed by atoms with Crippen LogP contribution in [0.4, 0.5) is 0 Å². The molecule has 0 aliphatic carbocycles. The first kappa shape index (κ1) is 15.6. The summed E-state index contributed by atoms with van der Waals surface area (Å²) in [4.78, 5) is 24.2. The normalized spacial score (nSPS) is 12.2. The van der Waals surface area contributed by atoms with Crippen LogP contribution in [0.2, 0.25) is 0 Å². The topological polar surface area (TPSA) is 34.1 Å². The van der Waals surface area contributed by atoms with Gasteiger partial charge in [-0.2, -0.15) is 0 Å². The number of carbonyl (C=O) groups is 2. The zero-order chi connectivity index (χ0) is 14.4. The van der Waals surface area contributed by atoms with Gasteiger partial charge in [-0.1, -0.05) is 45.9 Å². The molecule has 0 fully saturated rings. The Labute approximate surface area is 116 Å². The summed E-state index contributed by atoms with van der Waals surface area (Å²) in [5.74, 6) is -0.00251. The van der Waals surface area contributed by atoms with Crippen LogP contribution in [0.25, 0.3) is 0 Å². The summed E-state index contributed by atoms with van der Waals surface area (Å²) in [5.41, 5.74) is 3.05. The molecule has 0 saturated carbocycles. The van der Waals surface area contributed by atoms with E-state index in [9.17, 15) is 9.59 Å². The van der Waals surface area contributed by atoms with Crippen molar-refractivity contribution in [1.82, 2.24) is 0 Å². The maximum atomic E-state index is 12.3. The molecule has 0 saturated heterocycles. The highest BCUT2D eigenvalue weighted by Gasteiger charge is 2.19. The number of aryl methyl sites for hydroxylation is 1. The van der Waals surface area contributed by atoms with Crippen molar-refractivity contribution in [3.63, 3.8) is 0 Å². The molecule has 19 heavy (non-hydrogen) atoms. The molecular formula is C17H24O2. The van der Waals surface area contributed by atoms with Gasteiger partial charge >= 0.3 is 0 Å². The second kappa shape index (κ2) is 7.22. The Kier molecular flexibility index (Phi) is 5.94. The average Bonchev–Trinajstić information content (AvgIpc) is 2.44. The first-order chi connectivity index (χ1) is 9.04. The molecule has 104 valence electrons. The maximum Gasteiger partial charge on any atom is 0.170 e. The number of ketones is 2. The van der Waals surface area contributed by atoms with E-state index in [-0.39, 0.29) is 23.9 Å². The van der Waals surface area contributed by atoms with Crippen LogP contribution in [0.3, 0.4) is 0 Å². The van der Waals surface area contributed by atoms with Crippen LogP contribution in [-0.4, -0.2) is 11.6 Å². The molecule has 0 N–H and O–H groups in total. The fraction of sp³-hybridized carbons (Fsp3) is 0.529. The summed E-state index contributed by atoms with van der Waals surface area (Å²) in [6.45, 7) is 8.01. The lowest BCUT2D eigenvalue weighted by molar-refractivity contribution is -0.121. The smallest absolute Gasteiger partial charge is 0.170 e. The van der Waals surface area contributed by atoms with Gasteiger partial charge in [0.1, 0.15) is 5.78 Å². The Bertz CT molecular complexity index is 460. The van der Waals surface area contributed by atoms with E-state index in [1.54, 1.807) is 0 Å². The summed E-state index contributed by atoms with van der Waals surface area (Å²) in [6.07, 6.45) is 2.59. The zero-order valence-corrected chi connectivity index (χ0v) is 12.5. The van der Waals surface area contributed by atoms with Crippen molar-refractivity contribution in [3.8, 4) is 0 Å². The molecule has 0 radical (unpaired) electrons. The summed E-state index contributed by atoms with van der Waals surface area (Å²) >= 11 is 0. The van der Waals surface area contributed by atoms with Crippen LogP contribution in [-0.2, 0) is 17.6 Å². The molecule has 0 amide bonds. The molecule has 2 nitrogen and oxygen atoms in total. The number of rotatable bonds is 7. The molecule has 1 aromatic carbocycles. The largest absolute Gasteiger partial charge is 0.299 e. The molecule has 1 aromatic rings. The molecule has 0 bridgehead atoms. The standard InChI is InChI=1S/C17H24O2/c1-5-12(4)16(18)11-17(19)15-10-8-9-13(6-2)14(15)7-3/h8-10,12H,5-7,11H2,1-4H3. The predicted octanol–water partition coefficient (Wildman–Crippen LogP) is 4.00. The van der Waals surface area contributed by atoms with Gasteiger partial charge in [0.05, 0.1) is 6.42 Å². The molecule has 0 heterocycles. The molecule has 0 aliphatic rings. The Hall–Kier alpha value is -1.44. The summed E-state index contributed by atoms with van der Waals surface area (Å²) in [5, 5.41) is 0. The second-order valence-corrected chi connectivity index (χ2v) is 5.03. The number of hydrogen-bond acceptors (Lipinski definition) is 2. The molecule has 1 unspecified atom stereocenters. The lowest BCUT2D eigenvalue weighted by atomic mass is 9.91. The van der Waals surface area contributed by atoms with Crippen molar-refractivity contribution in [2.75, 3.05) is 0 Å². The zero-order valence-electron chi connectivity index (χ0n) is 12.5. The summed E-state index contributed by atoms with van der Waals surface area (Å²) in [7, 11) is 0. The fourth-order valence-electron chi connectivity index (χ4n) is 2.30. The minimum atomic E-state index is -0.0301. The summed E-state index contributed by atoms with van der Waals surface area (Å²) in [6, 6.07) is 5.83. The van der Waals surface area contributed by atoms with Gasteiger partial charge in [-0.15, -0.1) is 0 Å². The number of hydrogen-bond donors (Lipinski definition) is 0. The van der Waals surface area contributed by atoms with Crippen molar-refractivity contribution in [3.05, 3.63) is 34.9 Å². The number of Topliss-reactive ketones (excluding diaryl/α,β-unsaturated/α-hetero) is 2. The van der Waals surface area contributed by atoms with Crippen LogP contribution in [0.15, 0.2) is 18.2 Å². The fourth-order valence-corrected chi connectivity index (χ4v) is 2.30. The van der Waals surface area contributed by atoms with Crippen LogP contribution in [0.1, 0.15) is 62.0 Å². The minimum Gasteiger partial charge on any atom is -0.299 e. The van der Waals surface area contributed by atoms with E-state index in [1.807, 2.05) is 26.0 Å². The average molecular weight is 260 g/mol. The molecule has 1 rings (SSSR count). The molecular weight excluding hydrogens is 236 g/mol. The van der Waals surface area contributed by atoms with Crippen LogP contribution in [0, 0.1) is 5.92 Å². The third-order valence-electron chi connectivity index (χ3n) is 3.80. The van der Waals surface area contributed by atoms with Crippen LogP contribution < -0.4 is 0 Å². The first-order valence-corrected chi connectivity index (χ1v) is 7.21. The van der Waals surface area contributed by atoms with Crippen molar-refractivity contribution in [2.24, 2.45) is 5.92 Å². The van der Waals surface area contributed by atoms with E-state index in [4.69, 9.17) is 0 Å². The Morgan fingerprint density at radius 2 is 1.79 bits per heavy atom. The van der Waals surface area contributed by atoms with Crippen molar-refractivity contribution >= 4 is 11.6 Å². The van der Waals surface area contributed by atoms with Gasteiger partial charge in [-0.05, 0) is 30.4 Å². The highest BCUT2D eigenvalue weighted by molar-refractivity contribution is 6.09. The lowest BCUT2D eigenvalue weighted by Gasteiger charge is -2.12. The third-order valence-corrected chi connectivity index (χ3v) is 3.80. The number of carbonyl (C=O) groups excluding carboxylic acids is 2.